The first-order chi connectivity index (χ1) is 8.76. The van der Waals surface area contributed by atoms with Crippen molar-refractivity contribution in [3.63, 3.8) is 0 Å². The number of hydrogen-bond donors (Lipinski definition) is 1. The van der Waals surface area contributed by atoms with Crippen molar-refractivity contribution in [3.05, 3.63) is 30.0 Å². The summed E-state index contributed by atoms with van der Waals surface area (Å²) >= 11 is 0. The Morgan fingerprint density at radius 3 is 2.94 bits per heavy atom. The van der Waals surface area contributed by atoms with E-state index in [1.807, 2.05) is 18.2 Å². The third-order valence-corrected chi connectivity index (χ3v) is 3.15. The topological polar surface area (TPSA) is 34.4 Å². The normalized spacial score (nSPS) is 12.8. The zero-order chi connectivity index (χ0) is 13.0. The second kappa shape index (κ2) is 5.91. The zero-order valence-corrected chi connectivity index (χ0v) is 11.3. The molecule has 0 aliphatic heterocycles. The van der Waals surface area contributed by atoms with Crippen molar-refractivity contribution >= 4 is 11.0 Å². The van der Waals surface area contributed by atoms with Gasteiger partial charge in [-0.2, -0.15) is 0 Å². The highest BCUT2D eigenvalue weighted by Gasteiger charge is 2.13. The second-order valence-electron chi connectivity index (χ2n) is 4.56. The molecule has 1 aromatic heterocycles. The minimum absolute atomic E-state index is 0.230. The molecule has 1 unspecified atom stereocenters. The standard InChI is InChI=1S/C15H21NO2/c1-4-5-9-16-11(2)14-10-12-7-6-8-13(17-3)15(12)18-14/h6-8,10-11,16H,4-5,9H2,1-3H3. The van der Waals surface area contributed by atoms with Gasteiger partial charge in [0.1, 0.15) is 5.76 Å². The molecule has 0 amide bonds. The van der Waals surface area contributed by atoms with Crippen molar-refractivity contribution in [3.8, 4) is 5.75 Å². The van der Waals surface area contributed by atoms with E-state index in [0.29, 0.717) is 0 Å². The van der Waals surface area contributed by atoms with E-state index in [4.69, 9.17) is 9.15 Å². The maximum Gasteiger partial charge on any atom is 0.176 e. The van der Waals surface area contributed by atoms with Crippen molar-refractivity contribution in [2.75, 3.05) is 13.7 Å². The number of rotatable bonds is 6. The fraction of sp³-hybridized carbons (Fsp3) is 0.467. The van der Waals surface area contributed by atoms with E-state index in [0.717, 1.165) is 29.0 Å². The number of hydrogen-bond acceptors (Lipinski definition) is 3. The lowest BCUT2D eigenvalue weighted by molar-refractivity contribution is 0.399. The zero-order valence-electron chi connectivity index (χ0n) is 11.3. The van der Waals surface area contributed by atoms with Gasteiger partial charge in [-0.3, -0.25) is 0 Å². The van der Waals surface area contributed by atoms with E-state index >= 15 is 0 Å². The van der Waals surface area contributed by atoms with Crippen LogP contribution in [0.15, 0.2) is 28.7 Å². The Labute approximate surface area is 108 Å². The molecule has 0 bridgehead atoms. The van der Waals surface area contributed by atoms with Gasteiger partial charge in [-0.1, -0.05) is 25.5 Å². The van der Waals surface area contributed by atoms with Gasteiger partial charge >= 0.3 is 0 Å². The number of methoxy groups -OCH3 is 1. The van der Waals surface area contributed by atoms with Gasteiger partial charge in [0.05, 0.1) is 13.2 Å². The van der Waals surface area contributed by atoms with Gasteiger partial charge in [-0.25, -0.2) is 0 Å². The summed E-state index contributed by atoms with van der Waals surface area (Å²) in [6, 6.07) is 8.26. The Morgan fingerprint density at radius 1 is 1.39 bits per heavy atom. The molecular formula is C15H21NO2. The van der Waals surface area contributed by atoms with Gasteiger partial charge in [0.2, 0.25) is 0 Å². The second-order valence-corrected chi connectivity index (χ2v) is 4.56. The summed E-state index contributed by atoms with van der Waals surface area (Å²) in [4.78, 5) is 0. The third kappa shape index (κ3) is 2.67. The molecule has 0 aliphatic carbocycles. The van der Waals surface area contributed by atoms with Gasteiger partial charge in [0, 0.05) is 5.39 Å². The number of fused-ring (bicyclic) bond motifs is 1. The molecule has 1 aromatic carbocycles. The van der Waals surface area contributed by atoms with E-state index in [1.165, 1.54) is 12.8 Å². The summed E-state index contributed by atoms with van der Waals surface area (Å²) in [5.41, 5.74) is 0.833. The molecule has 0 spiro atoms. The Bertz CT molecular complexity index is 504. The largest absolute Gasteiger partial charge is 0.493 e. The SMILES string of the molecule is CCCCNC(C)c1cc2cccc(OC)c2o1. The number of benzene rings is 1. The molecular weight excluding hydrogens is 226 g/mol. The van der Waals surface area contributed by atoms with Crippen molar-refractivity contribution in [2.45, 2.75) is 32.7 Å². The van der Waals surface area contributed by atoms with E-state index in [-0.39, 0.29) is 6.04 Å². The summed E-state index contributed by atoms with van der Waals surface area (Å²) in [5, 5.41) is 4.55. The van der Waals surface area contributed by atoms with E-state index < -0.39 is 0 Å². The molecule has 0 fully saturated rings. The van der Waals surface area contributed by atoms with Gasteiger partial charge in [-0.15, -0.1) is 0 Å². The van der Waals surface area contributed by atoms with Crippen LogP contribution < -0.4 is 10.1 Å². The molecule has 3 heteroatoms. The van der Waals surface area contributed by atoms with Gasteiger partial charge in [0.15, 0.2) is 11.3 Å². The minimum Gasteiger partial charge on any atom is -0.493 e. The summed E-state index contributed by atoms with van der Waals surface area (Å²) < 4.78 is 11.2. The highest BCUT2D eigenvalue weighted by atomic mass is 16.5. The predicted molar refractivity (Wildman–Crippen MR) is 74.1 cm³/mol. The highest BCUT2D eigenvalue weighted by molar-refractivity contribution is 5.83. The van der Waals surface area contributed by atoms with Gasteiger partial charge < -0.3 is 14.5 Å². The molecule has 0 saturated heterocycles. The van der Waals surface area contributed by atoms with Crippen molar-refractivity contribution in [1.29, 1.82) is 0 Å². The number of unbranched alkanes of at least 4 members (excludes halogenated alkanes) is 1. The van der Waals surface area contributed by atoms with Gasteiger partial charge in [0.25, 0.3) is 0 Å². The van der Waals surface area contributed by atoms with E-state index in [1.54, 1.807) is 7.11 Å². The van der Waals surface area contributed by atoms with Crippen molar-refractivity contribution < 1.29 is 9.15 Å². The van der Waals surface area contributed by atoms with Crippen molar-refractivity contribution in [2.24, 2.45) is 0 Å². The Morgan fingerprint density at radius 2 is 2.22 bits per heavy atom. The predicted octanol–water partition coefficient (Wildman–Crippen LogP) is 3.89. The van der Waals surface area contributed by atoms with Gasteiger partial charge in [-0.05, 0) is 32.0 Å². The van der Waals surface area contributed by atoms with E-state index in [9.17, 15) is 0 Å². The molecule has 1 N–H and O–H groups in total. The van der Waals surface area contributed by atoms with Crippen LogP contribution in [0.5, 0.6) is 5.75 Å². The number of nitrogens with one attached hydrogen (secondary N) is 1. The Balaban J connectivity index is 2.19. The molecule has 2 aromatic rings. The van der Waals surface area contributed by atoms with Crippen molar-refractivity contribution in [1.82, 2.24) is 5.32 Å². The highest BCUT2D eigenvalue weighted by Crippen LogP contribution is 2.30. The van der Waals surface area contributed by atoms with Crippen LogP contribution in [0.1, 0.15) is 38.5 Å². The lowest BCUT2D eigenvalue weighted by atomic mass is 10.2. The minimum atomic E-state index is 0.230. The van der Waals surface area contributed by atoms with Crippen LogP contribution in [-0.2, 0) is 0 Å². The maximum atomic E-state index is 5.90. The number of furan rings is 1. The molecule has 0 aliphatic rings. The van der Waals surface area contributed by atoms with Crippen LogP contribution in [0.3, 0.4) is 0 Å². The summed E-state index contributed by atoms with van der Waals surface area (Å²) in [6.45, 7) is 5.34. The Kier molecular flexibility index (Phi) is 4.26. The first-order valence-electron chi connectivity index (χ1n) is 6.56. The van der Waals surface area contributed by atoms with Crippen LogP contribution in [0.2, 0.25) is 0 Å². The maximum absolute atomic E-state index is 5.90. The lowest BCUT2D eigenvalue weighted by Crippen LogP contribution is -2.19. The lowest BCUT2D eigenvalue weighted by Gasteiger charge is -2.10. The molecule has 18 heavy (non-hydrogen) atoms. The average molecular weight is 247 g/mol. The van der Waals surface area contributed by atoms with Crippen LogP contribution in [-0.4, -0.2) is 13.7 Å². The molecule has 1 heterocycles. The molecule has 3 nitrogen and oxygen atoms in total. The first kappa shape index (κ1) is 13.0. The fourth-order valence-electron chi connectivity index (χ4n) is 2.03. The third-order valence-electron chi connectivity index (χ3n) is 3.15. The van der Waals surface area contributed by atoms with Crippen LogP contribution in [0.4, 0.5) is 0 Å². The quantitative estimate of drug-likeness (QED) is 0.786. The molecule has 0 radical (unpaired) electrons. The monoisotopic (exact) mass is 247 g/mol. The number of para-hydroxylation sites is 1. The Hall–Kier alpha value is -1.48. The molecule has 98 valence electrons. The fourth-order valence-corrected chi connectivity index (χ4v) is 2.03. The smallest absolute Gasteiger partial charge is 0.176 e. The molecule has 2 rings (SSSR count). The van der Waals surface area contributed by atoms with E-state index in [2.05, 4.69) is 25.2 Å². The van der Waals surface area contributed by atoms with Crippen LogP contribution >= 0.6 is 0 Å². The van der Waals surface area contributed by atoms with Crippen LogP contribution in [0.25, 0.3) is 11.0 Å². The summed E-state index contributed by atoms with van der Waals surface area (Å²) in [5.74, 6) is 1.75. The first-order valence-corrected chi connectivity index (χ1v) is 6.56. The average Bonchev–Trinajstić information content (AvgIpc) is 2.82. The molecule has 1 atom stereocenters. The summed E-state index contributed by atoms with van der Waals surface area (Å²) in [6.07, 6.45) is 2.39. The number of ether oxygens (including phenoxy) is 1. The van der Waals surface area contributed by atoms with Crippen LogP contribution in [0, 0.1) is 0 Å². The molecule has 0 saturated carbocycles. The summed E-state index contributed by atoms with van der Waals surface area (Å²) in [7, 11) is 1.67.